The predicted octanol–water partition coefficient (Wildman–Crippen LogP) is 7.04. The molecule has 10 heteroatoms. The van der Waals surface area contributed by atoms with Crippen LogP contribution in [-0.4, -0.2) is 17.5 Å². The maximum atomic E-state index is 13.3. The van der Waals surface area contributed by atoms with Gasteiger partial charge in [-0.25, -0.2) is 0 Å². The van der Waals surface area contributed by atoms with Crippen LogP contribution in [0.3, 0.4) is 0 Å². The summed E-state index contributed by atoms with van der Waals surface area (Å²) < 4.78 is 45.7. The zero-order chi connectivity index (χ0) is 24.3. The number of rotatable bonds is 4. The standard InChI is InChI=1S/C24H15ClF3N5O/c1-29-31-23-32(30-2)15-22(16-4-3-5-17(14-16)24(26,27)28)33(23)19-8-12-21(13-9-19)34-20-10-6-18(25)7-11-20/h3-14,22H,15H2/t22-/m1/s1. The van der Waals surface area contributed by atoms with E-state index in [9.17, 15) is 13.2 Å². The first-order valence-electron chi connectivity index (χ1n) is 9.89. The van der Waals surface area contributed by atoms with Crippen molar-refractivity contribution in [3.8, 4) is 11.5 Å². The van der Waals surface area contributed by atoms with Crippen molar-refractivity contribution in [2.24, 2.45) is 5.10 Å². The second kappa shape index (κ2) is 9.34. The number of hydrogen-bond acceptors (Lipinski definition) is 2. The van der Waals surface area contributed by atoms with Gasteiger partial charge in [0.15, 0.2) is 0 Å². The van der Waals surface area contributed by atoms with Crippen LogP contribution in [0.25, 0.3) is 9.91 Å². The highest BCUT2D eigenvalue weighted by atomic mass is 35.5. The molecule has 1 fully saturated rings. The van der Waals surface area contributed by atoms with Crippen molar-refractivity contribution in [2.75, 3.05) is 11.4 Å². The van der Waals surface area contributed by atoms with E-state index in [1.807, 2.05) is 0 Å². The Morgan fingerprint density at radius 1 is 0.971 bits per heavy atom. The Balaban J connectivity index is 1.70. The first-order valence-corrected chi connectivity index (χ1v) is 10.3. The monoisotopic (exact) mass is 481 g/mol. The SMILES string of the molecule is [C-]#[N+]N=C1N([N+]#[C-])C[C@H](c2cccc(C(F)(F)F)c2)N1c1ccc(Oc2ccc(Cl)cc2)cc1. The van der Waals surface area contributed by atoms with Crippen LogP contribution in [-0.2, 0) is 6.18 Å². The normalized spacial score (nSPS) is 16.9. The Morgan fingerprint density at radius 3 is 2.21 bits per heavy atom. The van der Waals surface area contributed by atoms with Crippen molar-refractivity contribution in [3.05, 3.63) is 112 Å². The summed E-state index contributed by atoms with van der Waals surface area (Å²) in [6, 6.07) is 17.8. The van der Waals surface area contributed by atoms with Crippen molar-refractivity contribution in [1.29, 1.82) is 0 Å². The van der Waals surface area contributed by atoms with Gasteiger partial charge >= 0.3 is 12.1 Å². The van der Waals surface area contributed by atoms with E-state index >= 15 is 0 Å². The Kier molecular flexibility index (Phi) is 6.31. The minimum Gasteiger partial charge on any atom is -0.457 e. The number of nitrogens with zero attached hydrogens (tertiary/aromatic N) is 5. The lowest BCUT2D eigenvalue weighted by Gasteiger charge is -2.24. The van der Waals surface area contributed by atoms with Crippen LogP contribution < -0.4 is 9.64 Å². The second-order valence-corrected chi connectivity index (χ2v) is 7.68. The highest BCUT2D eigenvalue weighted by Gasteiger charge is 2.44. The summed E-state index contributed by atoms with van der Waals surface area (Å²) >= 11 is 5.89. The van der Waals surface area contributed by atoms with Gasteiger partial charge in [0.2, 0.25) is 0 Å². The van der Waals surface area contributed by atoms with Crippen molar-refractivity contribution < 1.29 is 17.9 Å². The molecule has 1 heterocycles. The van der Waals surface area contributed by atoms with Crippen LogP contribution in [0, 0.1) is 13.1 Å². The van der Waals surface area contributed by atoms with Gasteiger partial charge in [-0.3, -0.25) is 4.90 Å². The molecule has 0 spiro atoms. The molecule has 3 aromatic rings. The zero-order valence-electron chi connectivity index (χ0n) is 17.4. The molecule has 0 radical (unpaired) electrons. The maximum Gasteiger partial charge on any atom is 0.416 e. The Labute approximate surface area is 198 Å². The quantitative estimate of drug-likeness (QED) is 0.296. The molecule has 1 saturated heterocycles. The smallest absolute Gasteiger partial charge is 0.416 e. The number of guanidine groups is 1. The fourth-order valence-electron chi connectivity index (χ4n) is 3.61. The molecule has 0 aromatic heterocycles. The summed E-state index contributed by atoms with van der Waals surface area (Å²) in [4.78, 5) is 8.03. The first kappa shape index (κ1) is 23.0. The van der Waals surface area contributed by atoms with E-state index in [4.69, 9.17) is 29.5 Å². The van der Waals surface area contributed by atoms with Crippen LogP contribution in [0.4, 0.5) is 18.9 Å². The van der Waals surface area contributed by atoms with Crippen molar-refractivity contribution in [3.63, 3.8) is 0 Å². The van der Waals surface area contributed by atoms with Crippen LogP contribution in [0.5, 0.6) is 11.5 Å². The summed E-state index contributed by atoms with van der Waals surface area (Å²) in [5, 5.41) is 5.50. The van der Waals surface area contributed by atoms with E-state index in [1.165, 1.54) is 11.1 Å². The van der Waals surface area contributed by atoms with Crippen LogP contribution in [0.15, 0.2) is 77.9 Å². The molecule has 4 rings (SSSR count). The van der Waals surface area contributed by atoms with E-state index in [1.54, 1.807) is 59.5 Å². The van der Waals surface area contributed by atoms with Gasteiger partial charge in [-0.1, -0.05) is 23.7 Å². The fraction of sp³-hybridized carbons (Fsp3) is 0.125. The average molecular weight is 482 g/mol. The average Bonchev–Trinajstić information content (AvgIpc) is 3.19. The van der Waals surface area contributed by atoms with Crippen molar-refractivity contribution in [1.82, 2.24) is 5.01 Å². The predicted molar refractivity (Wildman–Crippen MR) is 122 cm³/mol. The molecule has 0 N–H and O–H groups in total. The molecule has 0 unspecified atom stereocenters. The van der Waals surface area contributed by atoms with Gasteiger partial charge < -0.3 is 4.74 Å². The molecule has 0 saturated carbocycles. The van der Waals surface area contributed by atoms with Gasteiger partial charge in [-0.05, 0) is 71.2 Å². The number of benzene rings is 3. The molecular formula is C24H15ClF3N5O. The summed E-state index contributed by atoms with van der Waals surface area (Å²) in [7, 11) is 0. The van der Waals surface area contributed by atoms with E-state index < -0.39 is 17.8 Å². The lowest BCUT2D eigenvalue weighted by atomic mass is 10.0. The molecule has 0 amide bonds. The Morgan fingerprint density at radius 2 is 1.62 bits per heavy atom. The first-order chi connectivity index (χ1) is 16.3. The third-order valence-electron chi connectivity index (χ3n) is 5.13. The largest absolute Gasteiger partial charge is 0.457 e. The molecule has 34 heavy (non-hydrogen) atoms. The van der Waals surface area contributed by atoms with Gasteiger partial charge in [-0.15, -0.1) is 4.95 Å². The van der Waals surface area contributed by atoms with Crippen LogP contribution >= 0.6 is 11.6 Å². The van der Waals surface area contributed by atoms with E-state index in [0.29, 0.717) is 27.8 Å². The van der Waals surface area contributed by atoms with Gasteiger partial charge in [0.1, 0.15) is 23.1 Å². The molecule has 0 aliphatic carbocycles. The number of ether oxygens (including phenoxy) is 1. The summed E-state index contributed by atoms with van der Waals surface area (Å²) in [5.41, 5.74) is 0.0983. The maximum absolute atomic E-state index is 13.3. The lowest BCUT2D eigenvalue weighted by molar-refractivity contribution is -0.137. The van der Waals surface area contributed by atoms with Crippen LogP contribution in [0.2, 0.25) is 5.02 Å². The fourth-order valence-corrected chi connectivity index (χ4v) is 3.73. The van der Waals surface area contributed by atoms with Gasteiger partial charge in [0, 0.05) is 10.7 Å². The molecule has 1 atom stereocenters. The summed E-state index contributed by atoms with van der Waals surface area (Å²) in [5.74, 6) is 1.14. The number of alkyl halides is 3. The number of hydrogen-bond donors (Lipinski definition) is 0. The van der Waals surface area contributed by atoms with E-state index in [-0.39, 0.29) is 12.5 Å². The Bertz CT molecular complexity index is 1290. The molecule has 170 valence electrons. The van der Waals surface area contributed by atoms with Gasteiger partial charge in [0.05, 0.1) is 11.6 Å². The van der Waals surface area contributed by atoms with Gasteiger partial charge in [0.25, 0.3) is 0 Å². The third-order valence-corrected chi connectivity index (χ3v) is 5.38. The highest BCUT2D eigenvalue weighted by molar-refractivity contribution is 6.30. The minimum atomic E-state index is -4.51. The number of anilines is 1. The lowest BCUT2D eigenvalue weighted by Crippen LogP contribution is -2.31. The minimum absolute atomic E-state index is 0.0405. The van der Waals surface area contributed by atoms with Crippen molar-refractivity contribution >= 4 is 23.2 Å². The van der Waals surface area contributed by atoms with E-state index in [0.717, 1.165) is 12.1 Å². The number of halogens is 4. The highest BCUT2D eigenvalue weighted by Crippen LogP contribution is 2.38. The molecule has 6 nitrogen and oxygen atoms in total. The molecule has 1 aliphatic heterocycles. The summed E-state index contributed by atoms with van der Waals surface area (Å²) in [6.07, 6.45) is -4.51. The van der Waals surface area contributed by atoms with Gasteiger partial charge in [-0.2, -0.15) is 31.3 Å². The van der Waals surface area contributed by atoms with Crippen molar-refractivity contribution in [2.45, 2.75) is 12.2 Å². The molecule has 1 aliphatic rings. The third kappa shape index (κ3) is 4.75. The zero-order valence-corrected chi connectivity index (χ0v) is 18.1. The molecule has 3 aromatic carbocycles. The Hall–Kier alpha value is -4.21. The van der Waals surface area contributed by atoms with Crippen LogP contribution in [0.1, 0.15) is 17.2 Å². The second-order valence-electron chi connectivity index (χ2n) is 7.24. The van der Waals surface area contributed by atoms with E-state index in [2.05, 4.69) is 15.0 Å². The topological polar surface area (TPSA) is 36.8 Å². The molecular weight excluding hydrogens is 467 g/mol. The molecule has 0 bridgehead atoms. The summed E-state index contributed by atoms with van der Waals surface area (Å²) in [6.45, 7) is 14.7.